The third kappa shape index (κ3) is 4.39. The molecule has 0 bridgehead atoms. The molecule has 2 atom stereocenters. The minimum atomic E-state index is -1.98. The van der Waals surface area contributed by atoms with Gasteiger partial charge in [-0.05, 0) is 58.4 Å². The van der Waals surface area contributed by atoms with E-state index < -0.39 is 36.8 Å². The van der Waals surface area contributed by atoms with Crippen LogP contribution in [0.5, 0.6) is 0 Å². The molecule has 0 amide bonds. The maximum Gasteiger partial charge on any atom is 0.310 e. The molecule has 4 rings (SSSR count). The number of fused-ring (bicyclic) bond motifs is 3. The van der Waals surface area contributed by atoms with E-state index in [1.54, 1.807) is 0 Å². The highest BCUT2D eigenvalue weighted by molar-refractivity contribution is 6.30. The molecular formula is C28H30ClF3O2. The number of allylic oxidation sites excluding steroid dienone is 2. The van der Waals surface area contributed by atoms with Crippen LogP contribution in [0.25, 0.3) is 11.1 Å². The highest BCUT2D eigenvalue weighted by atomic mass is 35.5. The molecular weight excluding hydrogens is 461 g/mol. The van der Waals surface area contributed by atoms with E-state index in [9.17, 15) is 18.0 Å². The SMILES string of the molecule is CC1(C)C(C=C(Cl)C(CF)(CF)CF)C1C(=O)OCc1cccc2c1CCCc1ccccc1-2. The number of esters is 1. The molecule has 2 nitrogen and oxygen atoms in total. The monoisotopic (exact) mass is 490 g/mol. The number of alkyl halides is 3. The van der Waals surface area contributed by atoms with E-state index in [1.165, 1.54) is 28.3 Å². The largest absolute Gasteiger partial charge is 0.461 e. The van der Waals surface area contributed by atoms with Crippen LogP contribution in [0.15, 0.2) is 53.6 Å². The summed E-state index contributed by atoms with van der Waals surface area (Å²) < 4.78 is 45.8. The van der Waals surface area contributed by atoms with Gasteiger partial charge in [0.05, 0.1) is 11.3 Å². The molecule has 0 aromatic heterocycles. The molecule has 182 valence electrons. The average Bonchev–Trinajstić information content (AvgIpc) is 3.45. The minimum Gasteiger partial charge on any atom is -0.461 e. The van der Waals surface area contributed by atoms with Gasteiger partial charge in [0, 0.05) is 5.03 Å². The quantitative estimate of drug-likeness (QED) is 0.366. The van der Waals surface area contributed by atoms with Gasteiger partial charge in [-0.2, -0.15) is 0 Å². The van der Waals surface area contributed by atoms with Crippen LogP contribution in [0.3, 0.4) is 0 Å². The van der Waals surface area contributed by atoms with E-state index in [0.29, 0.717) is 0 Å². The van der Waals surface area contributed by atoms with E-state index in [-0.39, 0.29) is 23.5 Å². The number of carbonyl (C=O) groups excluding carboxylic acids is 1. The van der Waals surface area contributed by atoms with Crippen molar-refractivity contribution in [3.63, 3.8) is 0 Å². The fourth-order valence-electron chi connectivity index (χ4n) is 5.08. The van der Waals surface area contributed by atoms with Crippen molar-refractivity contribution < 1.29 is 22.7 Å². The van der Waals surface area contributed by atoms with Crippen LogP contribution in [0.4, 0.5) is 13.2 Å². The lowest BCUT2D eigenvalue weighted by molar-refractivity contribution is -0.147. The molecule has 1 fully saturated rings. The van der Waals surface area contributed by atoms with Crippen molar-refractivity contribution in [1.82, 2.24) is 0 Å². The molecule has 0 aliphatic heterocycles. The molecule has 0 heterocycles. The smallest absolute Gasteiger partial charge is 0.310 e. The van der Waals surface area contributed by atoms with Gasteiger partial charge in [0.1, 0.15) is 26.6 Å². The Labute approximate surface area is 204 Å². The first-order chi connectivity index (χ1) is 16.3. The molecule has 1 saturated carbocycles. The maximum absolute atomic E-state index is 13.4. The predicted octanol–water partition coefficient (Wildman–Crippen LogP) is 7.18. The van der Waals surface area contributed by atoms with E-state index >= 15 is 0 Å². The number of hydrogen-bond donors (Lipinski definition) is 0. The number of rotatable bonds is 8. The molecule has 0 N–H and O–H groups in total. The topological polar surface area (TPSA) is 26.3 Å². The van der Waals surface area contributed by atoms with Crippen molar-refractivity contribution >= 4 is 17.6 Å². The second-order valence-electron chi connectivity index (χ2n) is 10.1. The highest BCUT2D eigenvalue weighted by Gasteiger charge is 2.62. The molecule has 2 unspecified atom stereocenters. The fourth-order valence-corrected chi connectivity index (χ4v) is 5.37. The van der Waals surface area contributed by atoms with Crippen molar-refractivity contribution in [3.05, 3.63) is 70.3 Å². The molecule has 0 saturated heterocycles. The summed E-state index contributed by atoms with van der Waals surface area (Å²) in [6.07, 6.45) is 4.38. The number of carbonyl (C=O) groups is 1. The number of halogens is 4. The standard InChI is InChI=1S/C28H30ClF3O2/c1-27(2)23(13-24(29)28(15-30,16-31)17-32)25(27)26(33)34-14-19-9-6-12-22-20-10-4-3-7-18(20)8-5-11-21(19)22/h3-4,6-7,9-10,12-13,23,25H,5,8,11,14-17H2,1-2H3. The summed E-state index contributed by atoms with van der Waals surface area (Å²) >= 11 is 6.13. The minimum absolute atomic E-state index is 0.157. The zero-order valence-corrected chi connectivity index (χ0v) is 20.3. The second-order valence-corrected chi connectivity index (χ2v) is 10.5. The van der Waals surface area contributed by atoms with Crippen LogP contribution in [-0.4, -0.2) is 26.0 Å². The number of aryl methyl sites for hydroxylation is 1. The lowest BCUT2D eigenvalue weighted by Gasteiger charge is -2.23. The van der Waals surface area contributed by atoms with Crippen molar-refractivity contribution in [3.8, 4) is 11.1 Å². The van der Waals surface area contributed by atoms with Gasteiger partial charge in [-0.25, -0.2) is 13.2 Å². The molecule has 0 radical (unpaired) electrons. The summed E-state index contributed by atoms with van der Waals surface area (Å²) in [7, 11) is 0. The van der Waals surface area contributed by atoms with Gasteiger partial charge in [0.15, 0.2) is 0 Å². The average molecular weight is 491 g/mol. The van der Waals surface area contributed by atoms with Crippen LogP contribution < -0.4 is 0 Å². The number of hydrogen-bond acceptors (Lipinski definition) is 2. The van der Waals surface area contributed by atoms with E-state index in [0.717, 1.165) is 24.8 Å². The molecule has 2 aromatic rings. The summed E-state index contributed by atoms with van der Waals surface area (Å²) in [5, 5.41) is -0.208. The maximum atomic E-state index is 13.4. The number of benzene rings is 2. The Morgan fingerprint density at radius 2 is 1.74 bits per heavy atom. The van der Waals surface area contributed by atoms with Crippen LogP contribution in [0.2, 0.25) is 0 Å². The van der Waals surface area contributed by atoms with Gasteiger partial charge in [-0.1, -0.05) is 74.0 Å². The van der Waals surface area contributed by atoms with Crippen LogP contribution in [-0.2, 0) is 29.0 Å². The highest BCUT2D eigenvalue weighted by Crippen LogP contribution is 2.60. The first kappa shape index (κ1) is 24.8. The predicted molar refractivity (Wildman–Crippen MR) is 129 cm³/mol. The van der Waals surface area contributed by atoms with E-state index in [2.05, 4.69) is 24.3 Å². The first-order valence-corrected chi connectivity index (χ1v) is 12.1. The molecule has 2 aliphatic carbocycles. The summed E-state index contributed by atoms with van der Waals surface area (Å²) in [6, 6.07) is 14.5. The Morgan fingerprint density at radius 1 is 1.06 bits per heavy atom. The van der Waals surface area contributed by atoms with Crippen molar-refractivity contribution in [2.24, 2.45) is 22.7 Å². The van der Waals surface area contributed by atoms with Crippen molar-refractivity contribution in [2.45, 2.75) is 39.7 Å². The summed E-state index contributed by atoms with van der Waals surface area (Å²) in [6.45, 7) is 0.194. The fraction of sp³-hybridized carbons (Fsp3) is 0.464. The second kappa shape index (κ2) is 9.77. The molecule has 6 heteroatoms. The molecule has 0 spiro atoms. The summed E-state index contributed by atoms with van der Waals surface area (Å²) in [5.74, 6) is -1.24. The van der Waals surface area contributed by atoms with Gasteiger partial charge in [-0.3, -0.25) is 4.79 Å². The Kier molecular flexibility index (Phi) is 7.14. The van der Waals surface area contributed by atoms with Gasteiger partial charge < -0.3 is 4.74 Å². The zero-order valence-electron chi connectivity index (χ0n) is 19.6. The third-order valence-electron chi connectivity index (χ3n) is 7.59. The van der Waals surface area contributed by atoms with E-state index in [4.69, 9.17) is 16.3 Å². The third-order valence-corrected chi connectivity index (χ3v) is 8.11. The lowest BCUT2D eigenvalue weighted by atomic mass is 9.91. The van der Waals surface area contributed by atoms with Gasteiger partial charge >= 0.3 is 5.97 Å². The van der Waals surface area contributed by atoms with Crippen molar-refractivity contribution in [2.75, 3.05) is 20.0 Å². The van der Waals surface area contributed by atoms with Gasteiger partial charge in [-0.15, -0.1) is 0 Å². The van der Waals surface area contributed by atoms with Gasteiger partial charge in [0.25, 0.3) is 0 Å². The zero-order chi connectivity index (χ0) is 24.5. The Morgan fingerprint density at radius 3 is 2.44 bits per heavy atom. The summed E-state index contributed by atoms with van der Waals surface area (Å²) in [4.78, 5) is 13.0. The van der Waals surface area contributed by atoms with E-state index in [1.807, 2.05) is 32.0 Å². The van der Waals surface area contributed by atoms with Crippen LogP contribution in [0, 0.1) is 22.7 Å². The van der Waals surface area contributed by atoms with Gasteiger partial charge in [0.2, 0.25) is 0 Å². The van der Waals surface area contributed by atoms with Crippen LogP contribution in [0.1, 0.15) is 37.0 Å². The molecule has 2 aromatic carbocycles. The Bertz CT molecular complexity index is 1080. The van der Waals surface area contributed by atoms with Crippen molar-refractivity contribution in [1.29, 1.82) is 0 Å². The molecule has 34 heavy (non-hydrogen) atoms. The molecule has 2 aliphatic rings. The number of ether oxygens (including phenoxy) is 1. The Hall–Kier alpha value is -2.27. The first-order valence-electron chi connectivity index (χ1n) is 11.7. The normalized spacial score (nSPS) is 21.3. The summed E-state index contributed by atoms with van der Waals surface area (Å²) in [5.41, 5.74) is 3.45. The Balaban J connectivity index is 1.50. The van der Waals surface area contributed by atoms with Crippen LogP contribution >= 0.6 is 11.6 Å². The lowest BCUT2D eigenvalue weighted by Crippen LogP contribution is -2.29.